The number of likely N-dealkylation sites (N-methyl/N-ethyl adjacent to an activating group) is 1. The first-order valence-electron chi connectivity index (χ1n) is 6.88. The Morgan fingerprint density at radius 3 is 2.43 bits per heavy atom. The van der Waals surface area contributed by atoms with Crippen LogP contribution in [0.1, 0.15) is 12.5 Å². The average molecular weight is 311 g/mol. The first-order valence-corrected chi connectivity index (χ1v) is 8.36. The number of benzene rings is 1. The zero-order valence-corrected chi connectivity index (χ0v) is 13.4. The van der Waals surface area contributed by atoms with Gasteiger partial charge in [-0.25, -0.2) is 17.9 Å². The number of urea groups is 1. The van der Waals surface area contributed by atoms with Gasteiger partial charge < -0.3 is 9.80 Å². The van der Waals surface area contributed by atoms with E-state index >= 15 is 0 Å². The molecule has 21 heavy (non-hydrogen) atoms. The van der Waals surface area contributed by atoms with Crippen LogP contribution in [-0.2, 0) is 10.0 Å². The second-order valence-corrected chi connectivity index (χ2v) is 7.18. The smallest absolute Gasteiger partial charge is 0.321 e. The molecule has 1 N–H and O–H groups in total. The predicted molar refractivity (Wildman–Crippen MR) is 80.6 cm³/mol. The Balaban J connectivity index is 2.06. The molecule has 0 saturated carbocycles. The van der Waals surface area contributed by atoms with Crippen molar-refractivity contribution >= 4 is 16.1 Å². The van der Waals surface area contributed by atoms with Crippen LogP contribution in [0.5, 0.6) is 0 Å². The van der Waals surface area contributed by atoms with Crippen LogP contribution in [0, 0.1) is 6.92 Å². The molecule has 1 heterocycles. The summed E-state index contributed by atoms with van der Waals surface area (Å²) in [6.07, 6.45) is 0. The van der Waals surface area contributed by atoms with Crippen molar-refractivity contribution in [1.82, 2.24) is 14.5 Å². The van der Waals surface area contributed by atoms with Crippen molar-refractivity contribution in [3.63, 3.8) is 0 Å². The molecule has 6 nitrogen and oxygen atoms in total. The molecule has 1 aromatic rings. The predicted octanol–water partition coefficient (Wildman–Crippen LogP) is 1.03. The molecular weight excluding hydrogens is 290 g/mol. The number of carbonyl (C=O) groups excluding carboxylic acids is 1. The topological polar surface area (TPSA) is 69.7 Å². The Bertz CT molecular complexity index is 613. The van der Waals surface area contributed by atoms with Gasteiger partial charge in [-0.05, 0) is 33.0 Å². The Hall–Kier alpha value is -1.60. The van der Waals surface area contributed by atoms with Crippen molar-refractivity contribution in [3.05, 3.63) is 29.8 Å². The van der Waals surface area contributed by atoms with Crippen molar-refractivity contribution in [2.75, 3.05) is 26.7 Å². The van der Waals surface area contributed by atoms with Gasteiger partial charge in [0, 0.05) is 25.7 Å². The Morgan fingerprint density at radius 1 is 1.24 bits per heavy atom. The highest BCUT2D eigenvalue weighted by molar-refractivity contribution is 7.90. The fraction of sp³-hybridized carbons (Fsp3) is 0.500. The van der Waals surface area contributed by atoms with Gasteiger partial charge in [-0.3, -0.25) is 0 Å². The van der Waals surface area contributed by atoms with Crippen LogP contribution < -0.4 is 4.72 Å². The summed E-state index contributed by atoms with van der Waals surface area (Å²) in [6.45, 7) is 5.66. The van der Waals surface area contributed by atoms with Gasteiger partial charge in [0.2, 0.25) is 0 Å². The lowest BCUT2D eigenvalue weighted by molar-refractivity contribution is 0.121. The fourth-order valence-electron chi connectivity index (χ4n) is 2.19. The van der Waals surface area contributed by atoms with Crippen molar-refractivity contribution in [2.24, 2.45) is 0 Å². The van der Waals surface area contributed by atoms with Crippen molar-refractivity contribution < 1.29 is 13.2 Å². The second-order valence-electron chi connectivity index (χ2n) is 5.50. The molecule has 1 atom stereocenters. The molecule has 0 aromatic heterocycles. The lowest BCUT2D eigenvalue weighted by atomic mass is 10.2. The van der Waals surface area contributed by atoms with Crippen molar-refractivity contribution in [2.45, 2.75) is 24.8 Å². The van der Waals surface area contributed by atoms with E-state index in [0.29, 0.717) is 13.1 Å². The summed E-state index contributed by atoms with van der Waals surface area (Å²) in [5, 5.41) is 0. The summed E-state index contributed by atoms with van der Waals surface area (Å²) >= 11 is 0. The maximum atomic E-state index is 12.2. The third-order valence-corrected chi connectivity index (χ3v) is 5.14. The van der Waals surface area contributed by atoms with Crippen LogP contribution in [0.4, 0.5) is 4.79 Å². The average Bonchev–Trinajstić information content (AvgIpc) is 2.41. The molecule has 1 aromatic carbocycles. The van der Waals surface area contributed by atoms with Crippen LogP contribution in [0.25, 0.3) is 0 Å². The number of rotatable bonds is 2. The van der Waals surface area contributed by atoms with Crippen molar-refractivity contribution in [3.8, 4) is 0 Å². The summed E-state index contributed by atoms with van der Waals surface area (Å²) in [5.74, 6) is 0. The largest absolute Gasteiger partial charge is 0.331 e. The standard InChI is InChI=1S/C14H21N3O3S/c1-11-4-6-13(7-5-11)21(19,20)15-14(18)17-9-8-16(3)12(2)10-17/h4-7,12H,8-10H2,1-3H3,(H,15,18). The van der Waals surface area contributed by atoms with Gasteiger partial charge in [0.25, 0.3) is 10.0 Å². The maximum Gasteiger partial charge on any atom is 0.331 e. The minimum absolute atomic E-state index is 0.101. The number of piperazine rings is 1. The highest BCUT2D eigenvalue weighted by Gasteiger charge is 2.27. The van der Waals surface area contributed by atoms with E-state index in [-0.39, 0.29) is 10.9 Å². The van der Waals surface area contributed by atoms with E-state index in [1.807, 2.05) is 20.9 Å². The summed E-state index contributed by atoms with van der Waals surface area (Å²) in [4.78, 5) is 15.9. The monoisotopic (exact) mass is 311 g/mol. The third kappa shape index (κ3) is 3.74. The number of aryl methyl sites for hydroxylation is 1. The molecule has 0 bridgehead atoms. The van der Waals surface area contributed by atoms with E-state index in [1.165, 1.54) is 17.0 Å². The number of sulfonamides is 1. The van der Waals surface area contributed by atoms with Gasteiger partial charge in [0.15, 0.2) is 0 Å². The SMILES string of the molecule is Cc1ccc(S(=O)(=O)NC(=O)N2CCN(C)C(C)C2)cc1. The van der Waals surface area contributed by atoms with Crippen LogP contribution in [0.3, 0.4) is 0 Å². The summed E-state index contributed by atoms with van der Waals surface area (Å²) in [5.41, 5.74) is 0.966. The maximum absolute atomic E-state index is 12.2. The number of carbonyl (C=O) groups is 1. The molecule has 1 aliphatic heterocycles. The van der Waals surface area contributed by atoms with E-state index in [9.17, 15) is 13.2 Å². The van der Waals surface area contributed by atoms with Crippen LogP contribution in [-0.4, -0.2) is 57.0 Å². The van der Waals surface area contributed by atoms with Gasteiger partial charge in [0.05, 0.1) is 4.90 Å². The zero-order chi connectivity index (χ0) is 15.6. The Labute approximate surface area is 125 Å². The molecule has 116 valence electrons. The van der Waals surface area contributed by atoms with E-state index in [2.05, 4.69) is 9.62 Å². The van der Waals surface area contributed by atoms with E-state index in [4.69, 9.17) is 0 Å². The molecule has 0 radical (unpaired) electrons. The van der Waals surface area contributed by atoms with E-state index in [1.54, 1.807) is 12.1 Å². The second kappa shape index (κ2) is 6.03. The molecular formula is C14H21N3O3S. The molecule has 7 heteroatoms. The van der Waals surface area contributed by atoms with Gasteiger partial charge in [0.1, 0.15) is 0 Å². The van der Waals surface area contributed by atoms with E-state index < -0.39 is 16.1 Å². The summed E-state index contributed by atoms with van der Waals surface area (Å²) in [7, 11) is -1.82. The Morgan fingerprint density at radius 2 is 1.86 bits per heavy atom. The number of hydrogen-bond acceptors (Lipinski definition) is 4. The fourth-order valence-corrected chi connectivity index (χ4v) is 3.16. The van der Waals surface area contributed by atoms with Gasteiger partial charge in [-0.15, -0.1) is 0 Å². The minimum Gasteiger partial charge on any atom is -0.321 e. The van der Waals surface area contributed by atoms with Crippen LogP contribution in [0.15, 0.2) is 29.2 Å². The van der Waals surface area contributed by atoms with Gasteiger partial charge in [-0.1, -0.05) is 17.7 Å². The van der Waals surface area contributed by atoms with Crippen molar-refractivity contribution in [1.29, 1.82) is 0 Å². The molecule has 1 aliphatic rings. The third-order valence-electron chi connectivity index (χ3n) is 3.80. The van der Waals surface area contributed by atoms with E-state index in [0.717, 1.165) is 12.1 Å². The molecule has 1 unspecified atom stereocenters. The highest BCUT2D eigenvalue weighted by Crippen LogP contribution is 2.12. The molecule has 1 fully saturated rings. The first-order chi connectivity index (χ1) is 9.79. The molecule has 1 saturated heterocycles. The number of nitrogens with zero attached hydrogens (tertiary/aromatic N) is 2. The van der Waals surface area contributed by atoms with Crippen LogP contribution in [0.2, 0.25) is 0 Å². The lowest BCUT2D eigenvalue weighted by Gasteiger charge is -2.37. The molecule has 0 spiro atoms. The minimum atomic E-state index is -3.81. The quantitative estimate of drug-likeness (QED) is 0.885. The number of hydrogen-bond donors (Lipinski definition) is 1. The highest BCUT2D eigenvalue weighted by atomic mass is 32.2. The Kier molecular flexibility index (Phi) is 4.53. The lowest BCUT2D eigenvalue weighted by Crippen LogP contribution is -2.55. The molecule has 0 aliphatic carbocycles. The number of nitrogens with one attached hydrogen (secondary N) is 1. The molecule has 2 amide bonds. The van der Waals surface area contributed by atoms with Crippen LogP contribution >= 0.6 is 0 Å². The molecule has 2 rings (SSSR count). The summed E-state index contributed by atoms with van der Waals surface area (Å²) < 4.78 is 26.5. The zero-order valence-electron chi connectivity index (χ0n) is 12.5. The van der Waals surface area contributed by atoms with Gasteiger partial charge >= 0.3 is 6.03 Å². The number of amides is 2. The van der Waals surface area contributed by atoms with Gasteiger partial charge in [-0.2, -0.15) is 0 Å². The first kappa shape index (κ1) is 15.8. The normalized spacial score (nSPS) is 20.3. The summed E-state index contributed by atoms with van der Waals surface area (Å²) in [6, 6.07) is 6.06.